The molecular formula is C25H22BrNO4. The number of aliphatic hydroxyl groups excluding tert-OH is 1. The largest absolute Gasteiger partial charge is 0.503 e. The fourth-order valence-electron chi connectivity index (χ4n) is 3.92. The van der Waals surface area contributed by atoms with Crippen LogP contribution in [-0.4, -0.2) is 30.1 Å². The lowest BCUT2D eigenvalue weighted by Crippen LogP contribution is -2.30. The van der Waals surface area contributed by atoms with Crippen LogP contribution in [0.5, 0.6) is 11.5 Å². The van der Waals surface area contributed by atoms with E-state index in [-0.39, 0.29) is 5.76 Å². The Bertz CT molecular complexity index is 1140. The number of hydrogen-bond donors (Lipinski definition) is 1. The lowest BCUT2D eigenvalue weighted by Gasteiger charge is -2.28. The minimum Gasteiger partial charge on any atom is -0.503 e. The summed E-state index contributed by atoms with van der Waals surface area (Å²) >= 11 is 3.53. The van der Waals surface area contributed by atoms with Crippen molar-refractivity contribution in [1.29, 1.82) is 0 Å². The molecule has 0 saturated heterocycles. The zero-order valence-electron chi connectivity index (χ0n) is 17.2. The Kier molecular flexibility index (Phi) is 6.00. The first-order valence-electron chi connectivity index (χ1n) is 9.79. The highest BCUT2D eigenvalue weighted by Crippen LogP contribution is 2.44. The van der Waals surface area contributed by atoms with Gasteiger partial charge in [0.25, 0.3) is 5.91 Å². The van der Waals surface area contributed by atoms with Gasteiger partial charge in [0, 0.05) is 15.6 Å². The van der Waals surface area contributed by atoms with E-state index in [0.29, 0.717) is 23.6 Å². The molecule has 1 heterocycles. The number of benzene rings is 3. The van der Waals surface area contributed by atoms with Gasteiger partial charge in [-0.1, -0.05) is 58.4 Å². The van der Waals surface area contributed by atoms with Crippen LogP contribution in [0.15, 0.2) is 83.0 Å². The number of para-hydroxylation sites is 1. The van der Waals surface area contributed by atoms with Crippen molar-refractivity contribution < 1.29 is 19.4 Å². The number of rotatable bonds is 6. The smallest absolute Gasteiger partial charge is 0.290 e. The molecule has 1 atom stereocenters. The lowest BCUT2D eigenvalue weighted by atomic mass is 9.93. The monoisotopic (exact) mass is 479 g/mol. The predicted octanol–water partition coefficient (Wildman–Crippen LogP) is 5.52. The topological polar surface area (TPSA) is 59.0 Å². The van der Waals surface area contributed by atoms with Crippen molar-refractivity contribution >= 4 is 27.4 Å². The van der Waals surface area contributed by atoms with Crippen LogP contribution in [0.1, 0.15) is 22.7 Å². The summed E-state index contributed by atoms with van der Waals surface area (Å²) in [7, 11) is 3.21. The molecule has 0 bridgehead atoms. The third kappa shape index (κ3) is 4.03. The van der Waals surface area contributed by atoms with Crippen molar-refractivity contribution in [2.45, 2.75) is 12.6 Å². The fourth-order valence-corrected chi connectivity index (χ4v) is 4.34. The van der Waals surface area contributed by atoms with Gasteiger partial charge in [-0.25, -0.2) is 0 Å². The average Bonchev–Trinajstić information content (AvgIpc) is 3.04. The summed E-state index contributed by atoms with van der Waals surface area (Å²) in [6.45, 7) is 0.295. The summed E-state index contributed by atoms with van der Waals surface area (Å²) in [5.74, 6) is 0.741. The number of ether oxygens (including phenoxy) is 2. The van der Waals surface area contributed by atoms with E-state index in [1.54, 1.807) is 19.1 Å². The molecule has 3 aromatic carbocycles. The van der Waals surface area contributed by atoms with Gasteiger partial charge in [0.05, 0.1) is 26.8 Å². The SMILES string of the molecule is COc1ccc(C2=C(O)C(=O)N(Cc3ccccc3OC)[C@@H]2c2cccc(Br)c2)cc1. The van der Waals surface area contributed by atoms with Crippen LogP contribution < -0.4 is 9.47 Å². The number of carbonyl (C=O) groups excluding carboxylic acids is 1. The highest BCUT2D eigenvalue weighted by atomic mass is 79.9. The molecule has 5 nitrogen and oxygen atoms in total. The summed E-state index contributed by atoms with van der Waals surface area (Å²) in [5, 5.41) is 10.9. The van der Waals surface area contributed by atoms with E-state index in [1.165, 1.54) is 0 Å². The number of amides is 1. The molecule has 0 saturated carbocycles. The van der Waals surface area contributed by atoms with E-state index in [1.807, 2.05) is 72.8 Å². The van der Waals surface area contributed by atoms with Gasteiger partial charge in [0.1, 0.15) is 11.5 Å². The molecule has 3 aromatic rings. The van der Waals surface area contributed by atoms with Gasteiger partial charge in [-0.15, -0.1) is 0 Å². The molecule has 0 aliphatic carbocycles. The van der Waals surface area contributed by atoms with Crippen LogP contribution in [0.2, 0.25) is 0 Å². The van der Waals surface area contributed by atoms with Crippen LogP contribution in [0.4, 0.5) is 0 Å². The number of hydrogen-bond acceptors (Lipinski definition) is 4. The molecular weight excluding hydrogens is 458 g/mol. The molecule has 4 rings (SSSR count). The van der Waals surface area contributed by atoms with E-state index in [4.69, 9.17) is 9.47 Å². The molecule has 1 aliphatic heterocycles. The van der Waals surface area contributed by atoms with Crippen molar-refractivity contribution in [3.8, 4) is 11.5 Å². The van der Waals surface area contributed by atoms with Gasteiger partial charge < -0.3 is 19.5 Å². The molecule has 0 radical (unpaired) electrons. The van der Waals surface area contributed by atoms with Gasteiger partial charge in [0.2, 0.25) is 0 Å². The van der Waals surface area contributed by atoms with E-state index in [2.05, 4.69) is 15.9 Å². The number of carbonyl (C=O) groups is 1. The molecule has 1 N–H and O–H groups in total. The van der Waals surface area contributed by atoms with Crippen molar-refractivity contribution in [1.82, 2.24) is 4.90 Å². The van der Waals surface area contributed by atoms with Crippen LogP contribution in [-0.2, 0) is 11.3 Å². The molecule has 0 aromatic heterocycles. The minimum absolute atomic E-state index is 0.245. The molecule has 0 spiro atoms. The Morgan fingerprint density at radius 2 is 1.71 bits per heavy atom. The van der Waals surface area contributed by atoms with Gasteiger partial charge in [-0.3, -0.25) is 4.79 Å². The maximum atomic E-state index is 13.2. The first-order chi connectivity index (χ1) is 15.0. The Balaban J connectivity index is 1.82. The normalized spacial score (nSPS) is 16.0. The van der Waals surface area contributed by atoms with E-state index < -0.39 is 11.9 Å². The highest BCUT2D eigenvalue weighted by Gasteiger charge is 2.41. The zero-order chi connectivity index (χ0) is 22.0. The second kappa shape index (κ2) is 8.86. The van der Waals surface area contributed by atoms with Crippen molar-refractivity contribution in [2.75, 3.05) is 14.2 Å². The Labute approximate surface area is 189 Å². The lowest BCUT2D eigenvalue weighted by molar-refractivity contribution is -0.130. The standard InChI is InChI=1S/C25H22BrNO4/c1-30-20-12-10-16(11-13-20)22-23(17-7-5-8-19(26)14-17)27(25(29)24(22)28)15-18-6-3-4-9-21(18)31-2/h3-14,23,28H,15H2,1-2H3/t23-/m1/s1. The van der Waals surface area contributed by atoms with Crippen LogP contribution in [0.3, 0.4) is 0 Å². The molecule has 1 amide bonds. The van der Waals surface area contributed by atoms with Gasteiger partial charge in [-0.05, 0) is 41.5 Å². The van der Waals surface area contributed by atoms with E-state index >= 15 is 0 Å². The average molecular weight is 480 g/mol. The number of halogens is 1. The van der Waals surface area contributed by atoms with Crippen molar-refractivity contribution in [3.63, 3.8) is 0 Å². The predicted molar refractivity (Wildman–Crippen MR) is 123 cm³/mol. The van der Waals surface area contributed by atoms with E-state index in [0.717, 1.165) is 21.2 Å². The molecule has 6 heteroatoms. The minimum atomic E-state index is -0.455. The van der Waals surface area contributed by atoms with Gasteiger partial charge in [0.15, 0.2) is 5.76 Å². The van der Waals surface area contributed by atoms with Gasteiger partial charge >= 0.3 is 0 Å². The zero-order valence-corrected chi connectivity index (χ0v) is 18.8. The maximum absolute atomic E-state index is 13.2. The maximum Gasteiger partial charge on any atom is 0.290 e. The third-order valence-corrected chi connectivity index (χ3v) is 5.90. The van der Waals surface area contributed by atoms with E-state index in [9.17, 15) is 9.90 Å². The second-order valence-corrected chi connectivity index (χ2v) is 8.11. The third-order valence-electron chi connectivity index (χ3n) is 5.40. The molecule has 0 unspecified atom stereocenters. The Hall–Kier alpha value is -3.25. The molecule has 31 heavy (non-hydrogen) atoms. The van der Waals surface area contributed by atoms with Crippen LogP contribution >= 0.6 is 15.9 Å². The molecule has 1 aliphatic rings. The van der Waals surface area contributed by atoms with Crippen LogP contribution in [0, 0.1) is 0 Å². The molecule has 0 fully saturated rings. The summed E-state index contributed by atoms with van der Waals surface area (Å²) in [4.78, 5) is 14.9. The summed E-state index contributed by atoms with van der Waals surface area (Å²) < 4.78 is 11.6. The summed E-state index contributed by atoms with van der Waals surface area (Å²) in [5.41, 5.74) is 3.09. The summed E-state index contributed by atoms with van der Waals surface area (Å²) in [6, 6.07) is 22.3. The summed E-state index contributed by atoms with van der Waals surface area (Å²) in [6.07, 6.45) is 0. The Morgan fingerprint density at radius 1 is 0.968 bits per heavy atom. The number of methoxy groups -OCH3 is 2. The highest BCUT2D eigenvalue weighted by molar-refractivity contribution is 9.10. The number of aliphatic hydroxyl groups is 1. The van der Waals surface area contributed by atoms with Crippen LogP contribution in [0.25, 0.3) is 5.57 Å². The second-order valence-electron chi connectivity index (χ2n) is 7.19. The quantitative estimate of drug-likeness (QED) is 0.505. The van der Waals surface area contributed by atoms with Crippen molar-refractivity contribution in [2.24, 2.45) is 0 Å². The van der Waals surface area contributed by atoms with Crippen molar-refractivity contribution in [3.05, 3.63) is 99.7 Å². The first-order valence-corrected chi connectivity index (χ1v) is 10.6. The first kappa shape index (κ1) is 21.0. The Morgan fingerprint density at radius 3 is 2.39 bits per heavy atom. The number of nitrogens with zero attached hydrogens (tertiary/aromatic N) is 1. The molecule has 158 valence electrons. The fraction of sp³-hybridized carbons (Fsp3) is 0.160. The van der Waals surface area contributed by atoms with Gasteiger partial charge in [-0.2, -0.15) is 0 Å².